The summed E-state index contributed by atoms with van der Waals surface area (Å²) in [7, 11) is 0. The van der Waals surface area contributed by atoms with Gasteiger partial charge in [0.25, 0.3) is 5.91 Å². The number of nitrogens with zero attached hydrogens (tertiary/aromatic N) is 2. The highest BCUT2D eigenvalue weighted by Gasteiger charge is 2.51. The van der Waals surface area contributed by atoms with E-state index >= 15 is 0 Å². The van der Waals surface area contributed by atoms with Gasteiger partial charge < -0.3 is 4.90 Å². The van der Waals surface area contributed by atoms with E-state index in [0.29, 0.717) is 25.4 Å². The first-order chi connectivity index (χ1) is 11.1. The second-order valence-electron chi connectivity index (χ2n) is 7.15. The van der Waals surface area contributed by atoms with Crippen molar-refractivity contribution in [3.63, 3.8) is 0 Å². The van der Waals surface area contributed by atoms with Crippen molar-refractivity contribution in [3.8, 4) is 0 Å². The average molecular weight is 315 g/mol. The van der Waals surface area contributed by atoms with Crippen LogP contribution in [-0.4, -0.2) is 33.5 Å². The molecule has 23 heavy (non-hydrogen) atoms. The Balaban J connectivity index is 1.53. The van der Waals surface area contributed by atoms with Gasteiger partial charge in [-0.05, 0) is 49.7 Å². The number of aromatic nitrogens is 1. The maximum absolute atomic E-state index is 13.0. The van der Waals surface area contributed by atoms with Gasteiger partial charge >= 0.3 is 0 Å². The molecular weight excluding hydrogens is 294 g/mol. The van der Waals surface area contributed by atoms with Crippen LogP contribution < -0.4 is 5.48 Å². The van der Waals surface area contributed by atoms with Gasteiger partial charge in [0.05, 0.1) is 0 Å². The summed E-state index contributed by atoms with van der Waals surface area (Å²) < 4.78 is 0. The molecule has 4 rings (SSSR count). The Bertz CT molecular complexity index is 665. The van der Waals surface area contributed by atoms with Gasteiger partial charge in [-0.1, -0.05) is 6.07 Å². The van der Waals surface area contributed by atoms with Crippen molar-refractivity contribution in [1.29, 1.82) is 0 Å². The third-order valence-electron chi connectivity index (χ3n) is 5.86. The second kappa shape index (κ2) is 5.30. The lowest BCUT2D eigenvalue weighted by Gasteiger charge is -2.35. The molecule has 2 amide bonds. The zero-order valence-corrected chi connectivity index (χ0v) is 13.0. The molecule has 6 heteroatoms. The van der Waals surface area contributed by atoms with Crippen molar-refractivity contribution in [2.24, 2.45) is 11.3 Å². The van der Waals surface area contributed by atoms with Gasteiger partial charge in [0.15, 0.2) is 0 Å². The molecule has 0 unspecified atom stereocenters. The summed E-state index contributed by atoms with van der Waals surface area (Å²) in [5, 5.41) is 8.70. The van der Waals surface area contributed by atoms with E-state index in [4.69, 9.17) is 5.21 Å². The van der Waals surface area contributed by atoms with Crippen molar-refractivity contribution in [3.05, 3.63) is 29.1 Å². The highest BCUT2D eigenvalue weighted by molar-refractivity contribution is 5.91. The summed E-state index contributed by atoms with van der Waals surface area (Å²) in [6.07, 6.45) is 6.24. The van der Waals surface area contributed by atoms with Crippen molar-refractivity contribution in [2.75, 3.05) is 6.54 Å². The molecule has 122 valence electrons. The van der Waals surface area contributed by atoms with Crippen LogP contribution >= 0.6 is 0 Å². The van der Waals surface area contributed by atoms with Gasteiger partial charge in [-0.25, -0.2) is 10.5 Å². The van der Waals surface area contributed by atoms with Crippen molar-refractivity contribution in [2.45, 2.75) is 45.1 Å². The maximum Gasteiger partial charge on any atom is 0.293 e. The van der Waals surface area contributed by atoms with E-state index in [1.54, 1.807) is 11.5 Å². The first-order valence-corrected chi connectivity index (χ1v) is 8.34. The first kappa shape index (κ1) is 14.6. The average Bonchev–Trinajstić information content (AvgIpc) is 3.21. The molecular formula is C17H21N3O3. The van der Waals surface area contributed by atoms with E-state index in [1.807, 2.05) is 11.0 Å². The van der Waals surface area contributed by atoms with E-state index in [2.05, 4.69) is 4.98 Å². The van der Waals surface area contributed by atoms with Crippen LogP contribution in [0.25, 0.3) is 0 Å². The fraction of sp³-hybridized carbons (Fsp3) is 0.588. The van der Waals surface area contributed by atoms with Gasteiger partial charge in [-0.3, -0.25) is 14.8 Å². The Hall–Kier alpha value is -1.95. The van der Waals surface area contributed by atoms with Gasteiger partial charge in [-0.15, -0.1) is 0 Å². The molecule has 0 saturated heterocycles. The Labute approximate surface area is 134 Å². The van der Waals surface area contributed by atoms with Crippen LogP contribution in [0.4, 0.5) is 0 Å². The number of carbonyl (C=O) groups excluding carboxylic acids is 2. The molecule has 1 aromatic rings. The molecule has 2 N–H and O–H groups in total. The lowest BCUT2D eigenvalue weighted by atomic mass is 9.82. The Morgan fingerprint density at radius 3 is 2.74 bits per heavy atom. The molecule has 6 nitrogen and oxygen atoms in total. The number of hydrogen-bond donors (Lipinski definition) is 2. The Morgan fingerprint density at radius 2 is 2.09 bits per heavy atom. The van der Waals surface area contributed by atoms with E-state index in [9.17, 15) is 9.59 Å². The fourth-order valence-corrected chi connectivity index (χ4v) is 4.60. The van der Waals surface area contributed by atoms with Crippen molar-refractivity contribution in [1.82, 2.24) is 15.4 Å². The number of nitrogens with one attached hydrogen (secondary N) is 1. The molecule has 1 aromatic heterocycles. The normalized spacial score (nSPS) is 28.6. The summed E-state index contributed by atoms with van der Waals surface area (Å²) in [4.78, 5) is 30.7. The standard InChI is InChI=1S/C17H21N3O3/c21-15(19-23)14-2-1-12-10-20(8-5-13(12)18-14)16(22)17-6-3-11(9-17)4-7-17/h1-2,11,23H,3-10H2,(H,19,21). The molecule has 0 radical (unpaired) electrons. The number of pyridine rings is 1. The summed E-state index contributed by atoms with van der Waals surface area (Å²) in [6, 6.07) is 3.44. The van der Waals surface area contributed by atoms with Crippen LogP contribution in [0.3, 0.4) is 0 Å². The molecule has 2 bridgehead atoms. The topological polar surface area (TPSA) is 82.5 Å². The molecule has 2 heterocycles. The lowest BCUT2D eigenvalue weighted by molar-refractivity contribution is -0.142. The Morgan fingerprint density at radius 1 is 1.30 bits per heavy atom. The molecule has 3 aliphatic rings. The van der Waals surface area contributed by atoms with Gasteiger partial charge in [0.2, 0.25) is 5.91 Å². The summed E-state index contributed by atoms with van der Waals surface area (Å²) in [6.45, 7) is 1.24. The molecule has 2 saturated carbocycles. The zero-order valence-electron chi connectivity index (χ0n) is 13.0. The predicted molar refractivity (Wildman–Crippen MR) is 81.6 cm³/mol. The number of amides is 2. The number of fused-ring (bicyclic) bond motifs is 3. The summed E-state index contributed by atoms with van der Waals surface area (Å²) >= 11 is 0. The minimum atomic E-state index is -0.604. The van der Waals surface area contributed by atoms with E-state index in [0.717, 1.165) is 36.4 Å². The first-order valence-electron chi connectivity index (χ1n) is 8.34. The highest BCUT2D eigenvalue weighted by Crippen LogP contribution is 2.55. The van der Waals surface area contributed by atoms with Crippen molar-refractivity contribution < 1.29 is 14.8 Å². The quantitative estimate of drug-likeness (QED) is 0.642. The molecule has 0 atom stereocenters. The number of hydroxylamine groups is 1. The van der Waals surface area contributed by atoms with E-state index in [1.165, 1.54) is 12.8 Å². The third kappa shape index (κ3) is 2.32. The van der Waals surface area contributed by atoms with Crippen LogP contribution in [-0.2, 0) is 17.8 Å². The van der Waals surface area contributed by atoms with Gasteiger partial charge in [0.1, 0.15) is 5.69 Å². The largest absolute Gasteiger partial charge is 0.337 e. The summed E-state index contributed by atoms with van der Waals surface area (Å²) in [5.41, 5.74) is 3.57. The lowest BCUT2D eigenvalue weighted by Crippen LogP contribution is -2.44. The highest BCUT2D eigenvalue weighted by atomic mass is 16.5. The van der Waals surface area contributed by atoms with Gasteiger partial charge in [0, 0.05) is 30.6 Å². The fourth-order valence-electron chi connectivity index (χ4n) is 4.60. The van der Waals surface area contributed by atoms with Crippen LogP contribution in [0.15, 0.2) is 12.1 Å². The molecule has 0 aromatic carbocycles. The number of carbonyl (C=O) groups is 2. The predicted octanol–water partition coefficient (Wildman–Crippen LogP) is 1.67. The molecule has 2 aliphatic carbocycles. The van der Waals surface area contributed by atoms with Gasteiger partial charge in [-0.2, -0.15) is 0 Å². The maximum atomic E-state index is 13.0. The second-order valence-corrected chi connectivity index (χ2v) is 7.15. The smallest absolute Gasteiger partial charge is 0.293 e. The van der Waals surface area contributed by atoms with Crippen molar-refractivity contribution >= 4 is 11.8 Å². The van der Waals surface area contributed by atoms with Crippen LogP contribution in [0, 0.1) is 11.3 Å². The number of rotatable bonds is 2. The van der Waals surface area contributed by atoms with E-state index < -0.39 is 5.91 Å². The van der Waals surface area contributed by atoms with Crippen LogP contribution in [0.1, 0.15) is 53.8 Å². The molecule has 1 aliphatic heterocycles. The SMILES string of the molecule is O=C(NO)c1ccc2c(n1)CCN(C(=O)C13CCC(CC1)C3)C2. The van der Waals surface area contributed by atoms with Crippen LogP contribution in [0.2, 0.25) is 0 Å². The monoisotopic (exact) mass is 315 g/mol. The van der Waals surface area contributed by atoms with E-state index in [-0.39, 0.29) is 11.1 Å². The zero-order chi connectivity index (χ0) is 16.0. The molecule has 0 spiro atoms. The minimum Gasteiger partial charge on any atom is -0.337 e. The molecule has 2 fully saturated rings. The minimum absolute atomic E-state index is 0.0910. The Kier molecular flexibility index (Phi) is 3.37. The van der Waals surface area contributed by atoms with Crippen LogP contribution in [0.5, 0.6) is 0 Å². The third-order valence-corrected chi connectivity index (χ3v) is 5.86. The number of hydrogen-bond acceptors (Lipinski definition) is 4. The summed E-state index contributed by atoms with van der Waals surface area (Å²) in [5.74, 6) is 0.478.